The van der Waals surface area contributed by atoms with Crippen LogP contribution in [0, 0.1) is 0 Å². The van der Waals surface area contributed by atoms with E-state index >= 15 is 0 Å². The van der Waals surface area contributed by atoms with Crippen LogP contribution in [-0.2, 0) is 0 Å². The summed E-state index contributed by atoms with van der Waals surface area (Å²) >= 11 is 0. The highest BCUT2D eigenvalue weighted by molar-refractivity contribution is 6.21. The molecule has 2 heteroatoms. The Morgan fingerprint density at radius 1 is 0.338 bits per heavy atom. The zero-order valence-electron chi connectivity index (χ0n) is 39.1. The molecule has 0 atom stereocenters. The van der Waals surface area contributed by atoms with E-state index in [1.807, 2.05) is 0 Å². The molecule has 0 aliphatic carbocycles. The molecule has 71 heavy (non-hydrogen) atoms. The van der Waals surface area contributed by atoms with Crippen LogP contribution in [0.5, 0.6) is 0 Å². The van der Waals surface area contributed by atoms with Crippen molar-refractivity contribution in [1.82, 2.24) is 0 Å². The lowest BCUT2D eigenvalue weighted by molar-refractivity contribution is 0.671. The Bertz CT molecular complexity index is 3990. The fourth-order valence-corrected chi connectivity index (χ4v) is 10.8. The van der Waals surface area contributed by atoms with Crippen LogP contribution >= 0.6 is 0 Å². The standard InChI is InChI=1S/C69H47NO/c1-46-21-7-6-20-40-70(55-37-34-51(35-38-55)67-58-32-18-16-30-56(58)66(50-28-14-5-15-29-50)57-31-17-19-33-59(57)67)65-39-36-52(41-60(46)65)62-43-54(48-24-10-3-11-25-48)45-64-63-44-53(47-22-8-2-9-23-47)42-61(68(63)71-69(62)64)49-26-12-4-13-27-49/h2-39,41-45H,1,40H2/b20-6-,21-7-. The number of rotatable bonds is 7. The largest absolute Gasteiger partial charge is 0.455 e. The summed E-state index contributed by atoms with van der Waals surface area (Å²) in [6.45, 7) is 5.36. The first-order chi connectivity index (χ1) is 35.1. The molecule has 13 rings (SSSR count). The highest BCUT2D eigenvalue weighted by atomic mass is 16.3. The summed E-state index contributed by atoms with van der Waals surface area (Å²) in [5.41, 5.74) is 19.7. The number of hydrogen-bond acceptors (Lipinski definition) is 2. The van der Waals surface area contributed by atoms with Crippen LogP contribution in [0.1, 0.15) is 5.56 Å². The fourth-order valence-electron chi connectivity index (χ4n) is 10.8. The van der Waals surface area contributed by atoms with Crippen molar-refractivity contribution < 1.29 is 4.42 Å². The van der Waals surface area contributed by atoms with E-state index in [1.54, 1.807) is 0 Å². The molecule has 0 N–H and O–H groups in total. The van der Waals surface area contributed by atoms with Gasteiger partial charge in [0.05, 0.1) is 0 Å². The molecule has 334 valence electrons. The minimum absolute atomic E-state index is 0.685. The second-order valence-electron chi connectivity index (χ2n) is 18.4. The van der Waals surface area contributed by atoms with Gasteiger partial charge >= 0.3 is 0 Å². The number of hydrogen-bond donors (Lipinski definition) is 0. The minimum Gasteiger partial charge on any atom is -0.455 e. The lowest BCUT2D eigenvalue weighted by Crippen LogP contribution is -2.18. The van der Waals surface area contributed by atoms with Crippen LogP contribution in [0.3, 0.4) is 0 Å². The van der Waals surface area contributed by atoms with E-state index < -0.39 is 0 Å². The van der Waals surface area contributed by atoms with Crippen LogP contribution in [0.15, 0.2) is 272 Å². The normalized spacial score (nSPS) is 13.5. The number of allylic oxidation sites excluding steroid dienone is 4. The topological polar surface area (TPSA) is 16.4 Å². The molecule has 0 saturated heterocycles. The van der Waals surface area contributed by atoms with Crippen molar-refractivity contribution in [3.63, 3.8) is 0 Å². The number of fused-ring (bicyclic) bond motifs is 6. The summed E-state index contributed by atoms with van der Waals surface area (Å²) in [4.78, 5) is 2.40. The van der Waals surface area contributed by atoms with E-state index in [0.29, 0.717) is 6.54 Å². The lowest BCUT2D eigenvalue weighted by Gasteiger charge is -2.27. The Morgan fingerprint density at radius 3 is 1.28 bits per heavy atom. The predicted molar refractivity (Wildman–Crippen MR) is 302 cm³/mol. The van der Waals surface area contributed by atoms with Gasteiger partial charge in [-0.25, -0.2) is 0 Å². The van der Waals surface area contributed by atoms with Crippen molar-refractivity contribution in [3.8, 4) is 66.8 Å². The average molecular weight is 906 g/mol. The van der Waals surface area contributed by atoms with E-state index in [4.69, 9.17) is 4.42 Å². The lowest BCUT2D eigenvalue weighted by atomic mass is 9.86. The molecular weight excluding hydrogens is 859 g/mol. The Hall–Kier alpha value is -9.24. The second kappa shape index (κ2) is 17.7. The maximum atomic E-state index is 7.20. The fraction of sp³-hybridized carbons (Fsp3) is 0.0145. The number of nitrogens with zero attached hydrogens (tertiary/aromatic N) is 1. The van der Waals surface area contributed by atoms with Gasteiger partial charge in [0, 0.05) is 45.4 Å². The molecule has 11 aromatic carbocycles. The van der Waals surface area contributed by atoms with Crippen LogP contribution < -0.4 is 4.90 Å². The molecule has 0 amide bonds. The highest BCUT2D eigenvalue weighted by Crippen LogP contribution is 2.47. The van der Waals surface area contributed by atoms with Gasteiger partial charge in [-0.15, -0.1) is 0 Å². The van der Waals surface area contributed by atoms with Crippen molar-refractivity contribution >= 4 is 60.4 Å². The maximum absolute atomic E-state index is 7.20. The maximum Gasteiger partial charge on any atom is 0.143 e. The molecule has 0 unspecified atom stereocenters. The van der Waals surface area contributed by atoms with Gasteiger partial charge < -0.3 is 9.32 Å². The monoisotopic (exact) mass is 905 g/mol. The van der Waals surface area contributed by atoms with Gasteiger partial charge in [0.25, 0.3) is 0 Å². The minimum atomic E-state index is 0.685. The number of anilines is 2. The number of furan rings is 1. The van der Waals surface area contributed by atoms with Gasteiger partial charge in [-0.2, -0.15) is 0 Å². The third-order valence-corrected chi connectivity index (χ3v) is 14.2. The zero-order valence-corrected chi connectivity index (χ0v) is 39.1. The zero-order chi connectivity index (χ0) is 47.3. The summed E-state index contributed by atoms with van der Waals surface area (Å²) in [7, 11) is 0. The van der Waals surface area contributed by atoms with E-state index in [0.717, 1.165) is 89.0 Å². The van der Waals surface area contributed by atoms with Crippen molar-refractivity contribution in [2.24, 2.45) is 0 Å². The molecule has 1 aliphatic heterocycles. The summed E-state index contributed by atoms with van der Waals surface area (Å²) in [6.07, 6.45) is 8.57. The summed E-state index contributed by atoms with van der Waals surface area (Å²) < 4.78 is 7.20. The van der Waals surface area contributed by atoms with Crippen LogP contribution in [0.2, 0.25) is 0 Å². The first-order valence-electron chi connectivity index (χ1n) is 24.4. The SMILES string of the molecule is C=C1/C=C\C=C/CN(c2ccc(-c3c4ccccc4c(-c4ccccc4)c4ccccc34)cc2)c2ccc(-c3cc(-c4ccccc4)cc4c3oc3c(-c5ccccc5)cc(-c5ccccc5)cc34)cc21. The van der Waals surface area contributed by atoms with Crippen molar-refractivity contribution in [2.45, 2.75) is 0 Å². The summed E-state index contributed by atoms with van der Waals surface area (Å²) in [5.74, 6) is 0. The molecule has 0 radical (unpaired) electrons. The second-order valence-corrected chi connectivity index (χ2v) is 18.4. The van der Waals surface area contributed by atoms with E-state index in [2.05, 4.69) is 272 Å². The van der Waals surface area contributed by atoms with Crippen molar-refractivity contribution in [1.29, 1.82) is 0 Å². The van der Waals surface area contributed by atoms with E-state index in [9.17, 15) is 0 Å². The molecule has 1 aliphatic rings. The molecule has 12 aromatic rings. The summed E-state index contributed by atoms with van der Waals surface area (Å²) in [5, 5.41) is 7.15. The van der Waals surface area contributed by atoms with Gasteiger partial charge in [-0.05, 0) is 131 Å². The smallest absolute Gasteiger partial charge is 0.143 e. The Morgan fingerprint density at radius 2 is 0.761 bits per heavy atom. The quantitative estimate of drug-likeness (QED) is 0.148. The van der Waals surface area contributed by atoms with Gasteiger partial charge in [0.15, 0.2) is 0 Å². The molecule has 0 fully saturated rings. The first kappa shape index (κ1) is 41.9. The third kappa shape index (κ3) is 7.45. The van der Waals surface area contributed by atoms with Crippen molar-refractivity contribution in [3.05, 3.63) is 273 Å². The molecule has 0 spiro atoms. The molecule has 2 nitrogen and oxygen atoms in total. The third-order valence-electron chi connectivity index (χ3n) is 14.2. The van der Waals surface area contributed by atoms with Gasteiger partial charge in [0.1, 0.15) is 11.2 Å². The molecule has 1 aromatic heterocycles. The van der Waals surface area contributed by atoms with E-state index in [1.165, 1.54) is 43.8 Å². The Balaban J connectivity index is 0.966. The molecule has 0 bridgehead atoms. The van der Waals surface area contributed by atoms with Crippen LogP contribution in [0.4, 0.5) is 11.4 Å². The van der Waals surface area contributed by atoms with E-state index in [-0.39, 0.29) is 0 Å². The Labute approximate surface area is 414 Å². The summed E-state index contributed by atoms with van der Waals surface area (Å²) in [6, 6.07) is 85.6. The number of benzene rings is 11. The Kier molecular flexibility index (Phi) is 10.4. The van der Waals surface area contributed by atoms with Crippen LogP contribution in [0.25, 0.3) is 116 Å². The van der Waals surface area contributed by atoms with Gasteiger partial charge in [-0.3, -0.25) is 0 Å². The van der Waals surface area contributed by atoms with Crippen molar-refractivity contribution in [2.75, 3.05) is 11.4 Å². The molecule has 2 heterocycles. The molecule has 0 saturated carbocycles. The first-order valence-corrected chi connectivity index (χ1v) is 24.4. The average Bonchev–Trinajstić information content (AvgIpc) is 3.85. The van der Waals surface area contributed by atoms with Gasteiger partial charge in [-0.1, -0.05) is 219 Å². The van der Waals surface area contributed by atoms with Crippen LogP contribution in [-0.4, -0.2) is 6.54 Å². The predicted octanol–water partition coefficient (Wildman–Crippen LogP) is 19.2. The highest BCUT2D eigenvalue weighted by Gasteiger charge is 2.23. The molecular formula is C69H47NO. The van der Waals surface area contributed by atoms with Gasteiger partial charge in [0.2, 0.25) is 0 Å².